The summed E-state index contributed by atoms with van der Waals surface area (Å²) < 4.78 is 31.0. The minimum absolute atomic E-state index is 0.0555. The summed E-state index contributed by atoms with van der Waals surface area (Å²) in [5.41, 5.74) is -1.74. The van der Waals surface area contributed by atoms with Gasteiger partial charge in [0.25, 0.3) is 0 Å². The molecule has 0 radical (unpaired) electrons. The van der Waals surface area contributed by atoms with Crippen molar-refractivity contribution in [2.75, 3.05) is 27.2 Å². The molecule has 0 aromatic rings. The molecule has 3 saturated heterocycles. The Hall–Kier alpha value is -1.50. The van der Waals surface area contributed by atoms with Gasteiger partial charge < -0.3 is 33.7 Å². The van der Waals surface area contributed by atoms with Gasteiger partial charge in [0.15, 0.2) is 16.0 Å². The zero-order valence-corrected chi connectivity index (χ0v) is 32.9. The van der Waals surface area contributed by atoms with Crippen LogP contribution in [0.15, 0.2) is 4.99 Å². The average molecular weight is 788 g/mol. The van der Waals surface area contributed by atoms with Crippen molar-refractivity contribution in [1.29, 1.82) is 0 Å². The van der Waals surface area contributed by atoms with E-state index in [9.17, 15) is 14.7 Å². The van der Waals surface area contributed by atoms with Gasteiger partial charge in [0, 0.05) is 56.6 Å². The molecule has 13 atom stereocenters. The number of aliphatic hydroxyl groups excluding tert-OH is 1. The third-order valence-corrected chi connectivity index (χ3v) is 12.7. The summed E-state index contributed by atoms with van der Waals surface area (Å²) in [7, 11) is 3.74. The third-order valence-electron chi connectivity index (χ3n) is 11.2. The number of aliphatic imine (C=N–C) groups is 1. The number of esters is 1. The molecule has 0 aromatic carbocycles. The van der Waals surface area contributed by atoms with Crippen molar-refractivity contribution < 1.29 is 38.4 Å². The van der Waals surface area contributed by atoms with Gasteiger partial charge in [-0.3, -0.25) is 14.7 Å². The van der Waals surface area contributed by atoms with Crippen LogP contribution < -0.4 is 0 Å². The Balaban J connectivity index is 1.78. The Morgan fingerprint density at radius 1 is 1.12 bits per heavy atom. The first-order chi connectivity index (χ1) is 22.3. The zero-order valence-electron chi connectivity index (χ0n) is 30.7. The highest BCUT2D eigenvalue weighted by Crippen LogP contribution is 2.46. The van der Waals surface area contributed by atoms with Crippen LogP contribution in [0, 0.1) is 36.0 Å². The molecular weight excluding hydrogens is 729 g/mol. The molecule has 4 rings (SSSR count). The number of hydrogen-bond donors (Lipinski definition) is 1. The van der Waals surface area contributed by atoms with E-state index in [1.807, 2.05) is 41.5 Å². The van der Waals surface area contributed by atoms with Gasteiger partial charge in [-0.15, -0.1) is 12.3 Å². The van der Waals surface area contributed by atoms with Gasteiger partial charge in [0.05, 0.1) is 41.4 Å². The molecule has 1 amide bonds. The van der Waals surface area contributed by atoms with Crippen LogP contribution in [0.2, 0.25) is 0 Å². The number of rotatable bonds is 6. The van der Waals surface area contributed by atoms with Crippen molar-refractivity contribution in [3.05, 3.63) is 0 Å². The minimum Gasteiger partial charge on any atom is -0.447 e. The maximum absolute atomic E-state index is 13.7. The molecule has 12 heteroatoms. The van der Waals surface area contributed by atoms with E-state index in [0.29, 0.717) is 25.8 Å². The summed E-state index contributed by atoms with van der Waals surface area (Å²) in [6.45, 7) is 18.8. The fourth-order valence-corrected chi connectivity index (χ4v) is 9.27. The highest BCUT2D eigenvalue weighted by molar-refractivity contribution is 14.1. The van der Waals surface area contributed by atoms with Gasteiger partial charge in [0.1, 0.15) is 0 Å². The lowest BCUT2D eigenvalue weighted by Gasteiger charge is -2.47. The predicted molar refractivity (Wildman–Crippen MR) is 192 cm³/mol. The lowest BCUT2D eigenvalue weighted by Crippen LogP contribution is -2.58. The molecule has 0 unspecified atom stereocenters. The molecule has 3 fully saturated rings. The van der Waals surface area contributed by atoms with E-state index in [0.717, 1.165) is 18.7 Å². The smallest absolute Gasteiger partial charge is 0.411 e. The molecule has 2 bridgehead atoms. The van der Waals surface area contributed by atoms with Gasteiger partial charge >= 0.3 is 12.1 Å². The van der Waals surface area contributed by atoms with Crippen molar-refractivity contribution in [1.82, 2.24) is 9.80 Å². The number of amides is 1. The Kier molecular flexibility index (Phi) is 12.3. The highest BCUT2D eigenvalue weighted by Gasteiger charge is 2.61. The van der Waals surface area contributed by atoms with Crippen molar-refractivity contribution >= 4 is 40.4 Å². The van der Waals surface area contributed by atoms with Gasteiger partial charge in [-0.2, -0.15) is 0 Å². The van der Waals surface area contributed by atoms with Crippen LogP contribution in [0.25, 0.3) is 0 Å². The van der Waals surface area contributed by atoms with Gasteiger partial charge in [-0.25, -0.2) is 4.79 Å². The standard InChI is InChI=1S/C36H58IN3O8/c1-13-14-15-39(11)25-16-21(3)45-26(17-25)46-30-23(5)28(41)24(6)31(42)47-32(37)36(10)29-22(4)27(20(2)18-35(30,9)44-12)38-34(7,8)19-40(29)33(43)48-36/h1,20-26,28-30,32,41H,14-19H2,2-12H3/t20-,21-,22+,23+,24-,25+,26+,28+,29-,30-,32+,35-,36+/m1/s1. The first-order valence-electron chi connectivity index (χ1n) is 17.4. The summed E-state index contributed by atoms with van der Waals surface area (Å²) in [6, 6.07) is -0.240. The zero-order chi connectivity index (χ0) is 35.9. The molecule has 48 heavy (non-hydrogen) atoms. The largest absolute Gasteiger partial charge is 0.447 e. The number of aliphatic hydroxyl groups is 1. The summed E-state index contributed by atoms with van der Waals surface area (Å²) >= 11 is 2.05. The first kappa shape index (κ1) is 39.3. The number of halogens is 1. The Morgan fingerprint density at radius 2 is 1.79 bits per heavy atom. The second kappa shape index (κ2) is 15.0. The van der Waals surface area contributed by atoms with Gasteiger partial charge in [-0.05, 0) is 89.9 Å². The minimum atomic E-state index is -1.15. The van der Waals surface area contributed by atoms with Crippen LogP contribution >= 0.6 is 22.6 Å². The molecule has 272 valence electrons. The van der Waals surface area contributed by atoms with Crippen LogP contribution in [0.1, 0.15) is 88.0 Å². The topological polar surface area (TPSA) is 119 Å². The van der Waals surface area contributed by atoms with Crippen LogP contribution in [0.3, 0.4) is 0 Å². The van der Waals surface area contributed by atoms with E-state index >= 15 is 0 Å². The monoisotopic (exact) mass is 787 g/mol. The highest BCUT2D eigenvalue weighted by atomic mass is 127. The van der Waals surface area contributed by atoms with Crippen molar-refractivity contribution in [2.45, 2.75) is 146 Å². The van der Waals surface area contributed by atoms with Crippen molar-refractivity contribution in [2.24, 2.45) is 28.7 Å². The van der Waals surface area contributed by atoms with E-state index in [4.69, 9.17) is 35.1 Å². The van der Waals surface area contributed by atoms with Crippen molar-refractivity contribution in [3.63, 3.8) is 0 Å². The molecule has 0 saturated carbocycles. The van der Waals surface area contributed by atoms with Crippen LogP contribution in [0.5, 0.6) is 0 Å². The summed E-state index contributed by atoms with van der Waals surface area (Å²) in [4.78, 5) is 36.5. The van der Waals surface area contributed by atoms with E-state index in [-0.39, 0.29) is 24.0 Å². The van der Waals surface area contributed by atoms with Crippen LogP contribution in [-0.2, 0) is 28.5 Å². The molecule has 1 N–H and O–H groups in total. The summed E-state index contributed by atoms with van der Waals surface area (Å²) in [6.07, 6.45) is 5.29. The molecule has 0 aromatic heterocycles. The molecule has 0 aliphatic carbocycles. The number of methoxy groups -OCH3 is 1. The lowest BCUT2D eigenvalue weighted by atomic mass is 9.74. The number of carbonyl (C=O) groups excluding carboxylic acids is 2. The number of fused-ring (bicyclic) bond motifs is 1. The van der Waals surface area contributed by atoms with E-state index in [2.05, 4.69) is 54.3 Å². The fourth-order valence-electron chi connectivity index (χ4n) is 8.52. The van der Waals surface area contributed by atoms with Gasteiger partial charge in [0.2, 0.25) is 0 Å². The fraction of sp³-hybridized carbons (Fsp3) is 0.861. The maximum atomic E-state index is 13.7. The maximum Gasteiger partial charge on any atom is 0.411 e. The molecule has 4 aliphatic rings. The molecule has 4 heterocycles. The number of terminal acetylenes is 1. The van der Waals surface area contributed by atoms with E-state index < -0.39 is 69.3 Å². The Bertz CT molecular complexity index is 1260. The SMILES string of the molecule is C#CCCN(C)[C@@H]1C[C@H](O[C@@H]2[C@@H](C)[C@H](O)[C@@H](C)C(=O)O[C@H](I)[C@@]3(C)OC(=O)N4CC(C)(C)N=C([C@H](C)C[C@@]2(C)OC)[C@H](C)[C@@H]43)O[C@H](C)C1. The number of cyclic esters (lactones) is 1. The van der Waals surface area contributed by atoms with Crippen LogP contribution in [0.4, 0.5) is 4.79 Å². The van der Waals surface area contributed by atoms with Crippen LogP contribution in [-0.4, -0.2) is 117 Å². The summed E-state index contributed by atoms with van der Waals surface area (Å²) in [5, 5.41) is 11.8. The normalized spacial score (nSPS) is 43.8. The van der Waals surface area contributed by atoms with Crippen molar-refractivity contribution in [3.8, 4) is 12.3 Å². The third kappa shape index (κ3) is 7.86. The Morgan fingerprint density at radius 3 is 2.42 bits per heavy atom. The molecule has 0 spiro atoms. The van der Waals surface area contributed by atoms with E-state index in [1.54, 1.807) is 18.9 Å². The lowest BCUT2D eigenvalue weighted by molar-refractivity contribution is -0.270. The second-order valence-electron chi connectivity index (χ2n) is 15.8. The quantitative estimate of drug-likeness (QED) is 0.171. The second-order valence-corrected chi connectivity index (χ2v) is 16.9. The first-order valence-corrected chi connectivity index (χ1v) is 18.6. The predicted octanol–water partition coefficient (Wildman–Crippen LogP) is 5.05. The summed E-state index contributed by atoms with van der Waals surface area (Å²) in [5.74, 6) is 0.348. The Labute approximate surface area is 301 Å². The molecule has 11 nitrogen and oxygen atoms in total. The van der Waals surface area contributed by atoms with E-state index in [1.165, 1.54) is 0 Å². The number of ether oxygens (including phenoxy) is 5. The molecular formula is C36H58IN3O8. The van der Waals surface area contributed by atoms with Gasteiger partial charge in [-0.1, -0.05) is 20.8 Å². The number of nitrogens with zero attached hydrogens (tertiary/aromatic N) is 3. The molecule has 4 aliphatic heterocycles. The number of carbonyl (C=O) groups is 2. The number of alkyl halides is 1. The number of hydrogen-bond acceptors (Lipinski definition) is 10. The average Bonchev–Trinajstić information content (AvgIpc) is 3.20.